The molecule has 2 amide bonds. The molecule has 4 rings (SSSR count). The van der Waals surface area contributed by atoms with Crippen LogP contribution in [0.2, 0.25) is 0 Å². The van der Waals surface area contributed by atoms with Crippen molar-refractivity contribution in [3.63, 3.8) is 0 Å². The van der Waals surface area contributed by atoms with E-state index >= 15 is 0 Å². The number of hydroxylamine groups is 2. The van der Waals surface area contributed by atoms with Crippen molar-refractivity contribution in [1.29, 1.82) is 0 Å². The van der Waals surface area contributed by atoms with Crippen LogP contribution in [0.4, 0.5) is 10.3 Å². The van der Waals surface area contributed by atoms with Gasteiger partial charge in [0.25, 0.3) is 5.91 Å². The molecule has 0 bridgehead atoms. The summed E-state index contributed by atoms with van der Waals surface area (Å²) in [5.41, 5.74) is 5.53. The molecule has 0 aromatic carbocycles. The van der Waals surface area contributed by atoms with Gasteiger partial charge in [0.05, 0.1) is 18.5 Å². The lowest BCUT2D eigenvalue weighted by atomic mass is 9.95. The molecule has 2 saturated heterocycles. The van der Waals surface area contributed by atoms with Crippen LogP contribution in [0.5, 0.6) is 0 Å². The molecule has 2 aliphatic heterocycles. The monoisotopic (exact) mass is 400 g/mol. The zero-order valence-corrected chi connectivity index (χ0v) is 15.7. The van der Waals surface area contributed by atoms with Crippen molar-refractivity contribution in [3.05, 3.63) is 47.8 Å². The maximum absolute atomic E-state index is 13.6. The lowest BCUT2D eigenvalue weighted by Crippen LogP contribution is -2.42. The molecule has 2 aromatic heterocycles. The smallest absolute Gasteiger partial charge is 0.270 e. The number of pyridine rings is 1. The number of amides is 2. The maximum Gasteiger partial charge on any atom is 0.270 e. The lowest BCUT2D eigenvalue weighted by Gasteiger charge is -2.33. The molecule has 9 nitrogen and oxygen atoms in total. The highest BCUT2D eigenvalue weighted by Crippen LogP contribution is 2.32. The van der Waals surface area contributed by atoms with Crippen molar-refractivity contribution in [2.24, 2.45) is 11.7 Å². The van der Waals surface area contributed by atoms with Crippen LogP contribution in [0.3, 0.4) is 0 Å². The first-order valence-electron chi connectivity index (χ1n) is 9.49. The number of anilines is 1. The molecule has 2 N–H and O–H groups in total. The van der Waals surface area contributed by atoms with E-state index in [1.165, 1.54) is 5.06 Å². The summed E-state index contributed by atoms with van der Waals surface area (Å²) in [7, 11) is 0. The van der Waals surface area contributed by atoms with Gasteiger partial charge in [-0.3, -0.25) is 19.4 Å². The van der Waals surface area contributed by atoms with E-state index in [0.29, 0.717) is 39.0 Å². The number of aromatic nitrogens is 3. The van der Waals surface area contributed by atoms with Gasteiger partial charge >= 0.3 is 0 Å². The average Bonchev–Trinajstić information content (AvgIpc) is 3.24. The molecule has 2 fully saturated rings. The SMILES string of the molecule is NC(=O)c1nc(N2CCC(C(=O)N3OCC[C@H]3c3ccccn3)CC2)ncc1F. The van der Waals surface area contributed by atoms with E-state index in [1.807, 2.05) is 23.1 Å². The highest BCUT2D eigenvalue weighted by Gasteiger charge is 2.37. The first-order valence-corrected chi connectivity index (χ1v) is 9.49. The topological polar surface area (TPSA) is 115 Å². The molecular formula is C19H21FN6O3. The molecule has 0 radical (unpaired) electrons. The van der Waals surface area contributed by atoms with Gasteiger partial charge in [-0.05, 0) is 25.0 Å². The van der Waals surface area contributed by atoms with Crippen LogP contribution >= 0.6 is 0 Å². The number of hydrogen-bond donors (Lipinski definition) is 1. The van der Waals surface area contributed by atoms with E-state index in [2.05, 4.69) is 15.0 Å². The number of carbonyl (C=O) groups is 2. The van der Waals surface area contributed by atoms with Gasteiger partial charge in [-0.1, -0.05) is 6.07 Å². The summed E-state index contributed by atoms with van der Waals surface area (Å²) in [6, 6.07) is 5.44. The van der Waals surface area contributed by atoms with Crippen molar-refractivity contribution in [3.8, 4) is 0 Å². The van der Waals surface area contributed by atoms with Gasteiger partial charge in [-0.15, -0.1) is 0 Å². The summed E-state index contributed by atoms with van der Waals surface area (Å²) in [5.74, 6) is -1.82. The van der Waals surface area contributed by atoms with Crippen molar-refractivity contribution in [2.45, 2.75) is 25.3 Å². The van der Waals surface area contributed by atoms with Crippen molar-refractivity contribution >= 4 is 17.8 Å². The Labute approximate surface area is 166 Å². The summed E-state index contributed by atoms with van der Waals surface area (Å²) < 4.78 is 13.6. The fraction of sp³-hybridized carbons (Fsp3) is 0.421. The number of primary amides is 1. The van der Waals surface area contributed by atoms with Gasteiger partial charge in [0, 0.05) is 31.6 Å². The second kappa shape index (κ2) is 8.08. The Morgan fingerprint density at radius 2 is 1.97 bits per heavy atom. The number of carbonyl (C=O) groups excluding carboxylic acids is 2. The van der Waals surface area contributed by atoms with E-state index in [9.17, 15) is 14.0 Å². The number of rotatable bonds is 4. The summed E-state index contributed by atoms with van der Waals surface area (Å²) in [5, 5.41) is 1.46. The predicted molar refractivity (Wildman–Crippen MR) is 99.8 cm³/mol. The predicted octanol–water partition coefficient (Wildman–Crippen LogP) is 1.23. The normalized spacial score (nSPS) is 20.1. The fourth-order valence-corrected chi connectivity index (χ4v) is 3.72. The Morgan fingerprint density at radius 3 is 2.66 bits per heavy atom. The Bertz CT molecular complexity index is 904. The van der Waals surface area contributed by atoms with Crippen LogP contribution in [0, 0.1) is 11.7 Å². The third-order valence-electron chi connectivity index (χ3n) is 5.24. The Kier molecular flexibility index (Phi) is 5.34. The van der Waals surface area contributed by atoms with Gasteiger partial charge in [0.1, 0.15) is 6.04 Å². The number of halogens is 1. The van der Waals surface area contributed by atoms with E-state index in [4.69, 9.17) is 10.6 Å². The first-order chi connectivity index (χ1) is 14.0. The summed E-state index contributed by atoms with van der Waals surface area (Å²) in [6.45, 7) is 1.48. The quantitative estimate of drug-likeness (QED) is 0.821. The maximum atomic E-state index is 13.6. The van der Waals surface area contributed by atoms with Crippen LogP contribution in [-0.4, -0.2) is 51.5 Å². The van der Waals surface area contributed by atoms with E-state index in [-0.39, 0.29) is 23.8 Å². The standard InChI is InChI=1S/C19H21FN6O3/c20-13-11-23-19(24-16(13)17(21)27)25-8-4-12(5-9-25)18(28)26-15(6-10-29-26)14-3-1-2-7-22-14/h1-3,7,11-12,15H,4-6,8-10H2,(H2,21,27)/t15-/m0/s1. The van der Waals surface area contributed by atoms with Gasteiger partial charge in [0.2, 0.25) is 11.9 Å². The minimum Gasteiger partial charge on any atom is -0.364 e. The van der Waals surface area contributed by atoms with Crippen LogP contribution < -0.4 is 10.6 Å². The van der Waals surface area contributed by atoms with E-state index in [1.54, 1.807) is 6.20 Å². The summed E-state index contributed by atoms with van der Waals surface area (Å²) >= 11 is 0. The molecule has 152 valence electrons. The Balaban J connectivity index is 1.41. The molecule has 2 aromatic rings. The molecule has 2 aliphatic rings. The van der Waals surface area contributed by atoms with Gasteiger partial charge in [-0.2, -0.15) is 0 Å². The van der Waals surface area contributed by atoms with Crippen LogP contribution in [0.15, 0.2) is 30.6 Å². The minimum atomic E-state index is -0.942. The molecule has 10 heteroatoms. The molecular weight excluding hydrogens is 379 g/mol. The summed E-state index contributed by atoms with van der Waals surface area (Å²) in [6.07, 6.45) is 4.49. The molecule has 1 atom stereocenters. The largest absolute Gasteiger partial charge is 0.364 e. The van der Waals surface area contributed by atoms with Crippen LogP contribution in [0.25, 0.3) is 0 Å². The fourth-order valence-electron chi connectivity index (χ4n) is 3.72. The lowest BCUT2D eigenvalue weighted by molar-refractivity contribution is -0.182. The van der Waals surface area contributed by atoms with Crippen LogP contribution in [0.1, 0.15) is 41.5 Å². The molecule has 0 unspecified atom stereocenters. The number of nitrogens with two attached hydrogens (primary N) is 1. The van der Waals surface area contributed by atoms with E-state index in [0.717, 1.165) is 11.9 Å². The summed E-state index contributed by atoms with van der Waals surface area (Å²) in [4.78, 5) is 44.0. The Hall–Kier alpha value is -3.14. The second-order valence-corrected chi connectivity index (χ2v) is 7.05. The highest BCUT2D eigenvalue weighted by molar-refractivity contribution is 5.91. The van der Waals surface area contributed by atoms with Crippen molar-refractivity contribution in [2.75, 3.05) is 24.6 Å². The third-order valence-corrected chi connectivity index (χ3v) is 5.24. The van der Waals surface area contributed by atoms with Crippen molar-refractivity contribution < 1.29 is 18.8 Å². The number of piperidine rings is 1. The van der Waals surface area contributed by atoms with Crippen molar-refractivity contribution in [1.82, 2.24) is 20.0 Å². The first kappa shape index (κ1) is 19.2. The highest BCUT2D eigenvalue weighted by atomic mass is 19.1. The molecule has 0 spiro atoms. The minimum absolute atomic E-state index is 0.0596. The van der Waals surface area contributed by atoms with Gasteiger partial charge in [-0.25, -0.2) is 19.4 Å². The molecule has 0 saturated carbocycles. The van der Waals surface area contributed by atoms with Gasteiger partial charge in [0.15, 0.2) is 11.5 Å². The molecule has 0 aliphatic carbocycles. The average molecular weight is 400 g/mol. The third kappa shape index (κ3) is 3.88. The van der Waals surface area contributed by atoms with Gasteiger partial charge < -0.3 is 10.6 Å². The van der Waals surface area contributed by atoms with Crippen LogP contribution in [-0.2, 0) is 9.63 Å². The number of hydrogen-bond acceptors (Lipinski definition) is 7. The van der Waals surface area contributed by atoms with E-state index < -0.39 is 17.4 Å². The zero-order valence-electron chi connectivity index (χ0n) is 15.7. The second-order valence-electron chi connectivity index (χ2n) is 7.05. The molecule has 4 heterocycles. The Morgan fingerprint density at radius 1 is 1.17 bits per heavy atom. The number of nitrogens with zero attached hydrogens (tertiary/aromatic N) is 5. The zero-order chi connectivity index (χ0) is 20.4. The molecule has 29 heavy (non-hydrogen) atoms.